The van der Waals surface area contributed by atoms with Crippen molar-refractivity contribution in [3.05, 3.63) is 0 Å². The number of nitrogens with zero attached hydrogens (tertiary/aromatic N) is 1. The van der Waals surface area contributed by atoms with Crippen molar-refractivity contribution < 1.29 is 4.58 Å². The average molecular weight is 156 g/mol. The lowest BCUT2D eigenvalue weighted by atomic mass is 10.0. The normalized spacial score (nSPS) is 16.1. The minimum absolute atomic E-state index is 0.755. The highest BCUT2D eigenvalue weighted by molar-refractivity contribution is 5.79. The molecule has 0 radical (unpaired) electrons. The molecule has 0 N–H and O–H groups in total. The molecule has 0 aromatic carbocycles. The van der Waals surface area contributed by atoms with Crippen LogP contribution in [-0.4, -0.2) is 23.9 Å². The molecule has 11 heavy (non-hydrogen) atoms. The van der Waals surface area contributed by atoms with E-state index < -0.39 is 0 Å². The summed E-state index contributed by atoms with van der Waals surface area (Å²) in [6.45, 7) is 10.1. The zero-order chi connectivity index (χ0) is 8.85. The largest absolute Gasteiger partial charge is 0.240 e. The summed E-state index contributed by atoms with van der Waals surface area (Å²) in [5, 5.41) is 0. The fourth-order valence-corrected chi connectivity index (χ4v) is 1.27. The molecule has 66 valence electrons. The Morgan fingerprint density at radius 2 is 1.91 bits per heavy atom. The topological polar surface area (TPSA) is 3.01 Å². The standard InChI is InChI=1S/C10H22N/c1-6-8-9(3)10(4)11(5)7-2/h9H,6-8H2,1-5H3/q+1. The minimum atomic E-state index is 0.755. The average Bonchev–Trinajstić information content (AvgIpc) is 2.02. The molecule has 0 aromatic heterocycles. The van der Waals surface area contributed by atoms with Crippen LogP contribution in [0, 0.1) is 5.92 Å². The molecular weight excluding hydrogens is 134 g/mol. The second-order valence-electron chi connectivity index (χ2n) is 3.35. The van der Waals surface area contributed by atoms with Gasteiger partial charge in [0.25, 0.3) is 0 Å². The summed E-state index contributed by atoms with van der Waals surface area (Å²) in [7, 11) is 2.17. The third kappa shape index (κ3) is 3.54. The van der Waals surface area contributed by atoms with E-state index in [1.807, 2.05) is 0 Å². The molecule has 0 fully saturated rings. The number of hydrogen-bond donors (Lipinski definition) is 0. The molecule has 1 unspecified atom stereocenters. The molecule has 1 heteroatoms. The van der Waals surface area contributed by atoms with Crippen LogP contribution in [0.1, 0.15) is 40.5 Å². The van der Waals surface area contributed by atoms with Crippen molar-refractivity contribution in [1.82, 2.24) is 0 Å². The van der Waals surface area contributed by atoms with Crippen molar-refractivity contribution in [2.75, 3.05) is 13.6 Å². The van der Waals surface area contributed by atoms with E-state index in [-0.39, 0.29) is 0 Å². The Hall–Kier alpha value is -0.330. The summed E-state index contributed by atoms with van der Waals surface area (Å²) in [5.74, 6) is 0.755. The zero-order valence-electron chi connectivity index (χ0n) is 8.65. The molecule has 0 saturated carbocycles. The van der Waals surface area contributed by atoms with Gasteiger partial charge in [-0.25, -0.2) is 4.58 Å². The summed E-state index contributed by atoms with van der Waals surface area (Å²) in [5.41, 5.74) is 1.52. The first-order chi connectivity index (χ1) is 5.13. The van der Waals surface area contributed by atoms with Crippen LogP contribution in [-0.2, 0) is 0 Å². The van der Waals surface area contributed by atoms with Crippen molar-refractivity contribution in [2.45, 2.75) is 40.5 Å². The highest BCUT2D eigenvalue weighted by Gasteiger charge is 2.11. The van der Waals surface area contributed by atoms with Gasteiger partial charge in [0.15, 0.2) is 5.71 Å². The van der Waals surface area contributed by atoms with Crippen LogP contribution in [0.4, 0.5) is 0 Å². The van der Waals surface area contributed by atoms with Crippen LogP contribution in [0.5, 0.6) is 0 Å². The molecule has 0 saturated heterocycles. The van der Waals surface area contributed by atoms with E-state index >= 15 is 0 Å². The molecule has 0 aliphatic rings. The van der Waals surface area contributed by atoms with Gasteiger partial charge in [0.1, 0.15) is 13.6 Å². The fraction of sp³-hybridized carbons (Fsp3) is 0.900. The first kappa shape index (κ1) is 10.7. The lowest BCUT2D eigenvalue weighted by molar-refractivity contribution is -0.496. The Balaban J connectivity index is 4.09. The first-order valence-corrected chi connectivity index (χ1v) is 4.68. The lowest BCUT2D eigenvalue weighted by Crippen LogP contribution is -2.20. The maximum atomic E-state index is 2.33. The molecule has 0 spiro atoms. The Morgan fingerprint density at radius 3 is 2.27 bits per heavy atom. The highest BCUT2D eigenvalue weighted by Crippen LogP contribution is 2.06. The zero-order valence-corrected chi connectivity index (χ0v) is 8.65. The Kier molecular flexibility index (Phi) is 5.18. The summed E-state index contributed by atoms with van der Waals surface area (Å²) in [6, 6.07) is 0. The first-order valence-electron chi connectivity index (χ1n) is 4.68. The van der Waals surface area contributed by atoms with Crippen LogP contribution in [0.25, 0.3) is 0 Å². The van der Waals surface area contributed by atoms with E-state index in [1.165, 1.54) is 18.6 Å². The van der Waals surface area contributed by atoms with Crippen molar-refractivity contribution in [1.29, 1.82) is 0 Å². The predicted molar refractivity (Wildman–Crippen MR) is 51.5 cm³/mol. The van der Waals surface area contributed by atoms with Crippen LogP contribution < -0.4 is 0 Å². The van der Waals surface area contributed by atoms with Gasteiger partial charge in [-0.1, -0.05) is 20.3 Å². The van der Waals surface area contributed by atoms with Crippen LogP contribution in [0.2, 0.25) is 0 Å². The second kappa shape index (κ2) is 5.34. The van der Waals surface area contributed by atoms with E-state index in [0.717, 1.165) is 12.5 Å². The van der Waals surface area contributed by atoms with Crippen molar-refractivity contribution in [3.8, 4) is 0 Å². The second-order valence-corrected chi connectivity index (χ2v) is 3.35. The smallest absolute Gasteiger partial charge is 0.151 e. The monoisotopic (exact) mass is 156 g/mol. The number of hydrogen-bond acceptors (Lipinski definition) is 0. The molecule has 0 rings (SSSR count). The molecule has 0 heterocycles. The van der Waals surface area contributed by atoms with Crippen LogP contribution in [0.3, 0.4) is 0 Å². The quantitative estimate of drug-likeness (QED) is 0.435. The van der Waals surface area contributed by atoms with E-state index in [4.69, 9.17) is 0 Å². The molecule has 1 atom stereocenters. The van der Waals surface area contributed by atoms with Gasteiger partial charge in [0, 0.05) is 12.8 Å². The van der Waals surface area contributed by atoms with E-state index in [9.17, 15) is 0 Å². The van der Waals surface area contributed by atoms with Gasteiger partial charge < -0.3 is 0 Å². The van der Waals surface area contributed by atoms with Gasteiger partial charge in [-0.05, 0) is 13.3 Å². The molecule has 1 nitrogen and oxygen atoms in total. The minimum Gasteiger partial charge on any atom is -0.240 e. The Morgan fingerprint density at radius 1 is 1.36 bits per heavy atom. The molecular formula is C10H22N+. The van der Waals surface area contributed by atoms with Gasteiger partial charge in [-0.3, -0.25) is 0 Å². The van der Waals surface area contributed by atoms with E-state index in [2.05, 4.69) is 39.3 Å². The van der Waals surface area contributed by atoms with Crippen LogP contribution >= 0.6 is 0 Å². The third-order valence-corrected chi connectivity index (χ3v) is 2.51. The SMILES string of the molecule is CCCC(C)C(C)=[N+](C)CC. The fourth-order valence-electron chi connectivity index (χ4n) is 1.27. The summed E-state index contributed by atoms with van der Waals surface area (Å²) >= 11 is 0. The van der Waals surface area contributed by atoms with Gasteiger partial charge in [0.2, 0.25) is 0 Å². The maximum absolute atomic E-state index is 2.33. The summed E-state index contributed by atoms with van der Waals surface area (Å²) in [6.07, 6.45) is 2.60. The molecule has 0 aliphatic carbocycles. The van der Waals surface area contributed by atoms with Gasteiger partial charge in [-0.15, -0.1) is 0 Å². The molecule has 0 aliphatic heterocycles. The van der Waals surface area contributed by atoms with Gasteiger partial charge >= 0.3 is 0 Å². The van der Waals surface area contributed by atoms with Crippen molar-refractivity contribution >= 4 is 5.71 Å². The summed E-state index contributed by atoms with van der Waals surface area (Å²) in [4.78, 5) is 0. The highest BCUT2D eigenvalue weighted by atomic mass is 15.0. The van der Waals surface area contributed by atoms with E-state index in [0.29, 0.717) is 0 Å². The Bertz CT molecular complexity index is 136. The van der Waals surface area contributed by atoms with Gasteiger partial charge in [-0.2, -0.15) is 0 Å². The third-order valence-electron chi connectivity index (χ3n) is 2.51. The molecule has 0 amide bonds. The van der Waals surface area contributed by atoms with Crippen molar-refractivity contribution in [3.63, 3.8) is 0 Å². The van der Waals surface area contributed by atoms with E-state index in [1.54, 1.807) is 0 Å². The molecule has 0 aromatic rings. The van der Waals surface area contributed by atoms with Crippen LogP contribution in [0.15, 0.2) is 0 Å². The number of rotatable bonds is 4. The Labute approximate surface area is 71.1 Å². The predicted octanol–water partition coefficient (Wildman–Crippen LogP) is 2.55. The summed E-state index contributed by atoms with van der Waals surface area (Å²) < 4.78 is 2.33. The molecule has 0 bridgehead atoms. The maximum Gasteiger partial charge on any atom is 0.151 e. The van der Waals surface area contributed by atoms with Gasteiger partial charge in [0.05, 0.1) is 0 Å². The lowest BCUT2D eigenvalue weighted by Gasteiger charge is -2.07. The van der Waals surface area contributed by atoms with Crippen molar-refractivity contribution in [2.24, 2.45) is 5.92 Å².